The van der Waals surface area contributed by atoms with Crippen molar-refractivity contribution < 1.29 is 14.5 Å². The summed E-state index contributed by atoms with van der Waals surface area (Å²) in [5, 5.41) is 23.0. The average molecular weight is 700 g/mol. The molecule has 0 aromatic heterocycles. The van der Waals surface area contributed by atoms with E-state index in [1.165, 1.54) is 18.2 Å². The van der Waals surface area contributed by atoms with Gasteiger partial charge in [-0.3, -0.25) is 14.9 Å². The SMILES string of the molecule is Cc1cccc(COc2c(I)cc(/C=C(\C#N)C(=O)Nc3ccc(Cl)c([N+](=O)[O-])c3)cc2I)c1. The van der Waals surface area contributed by atoms with Gasteiger partial charge < -0.3 is 10.1 Å². The van der Waals surface area contributed by atoms with Gasteiger partial charge in [-0.25, -0.2) is 0 Å². The van der Waals surface area contributed by atoms with Crippen molar-refractivity contribution in [3.05, 3.63) is 99.1 Å². The second kappa shape index (κ2) is 11.6. The van der Waals surface area contributed by atoms with Crippen LogP contribution < -0.4 is 10.1 Å². The molecule has 0 fully saturated rings. The zero-order valence-corrected chi connectivity index (χ0v) is 22.7. The summed E-state index contributed by atoms with van der Waals surface area (Å²) in [7, 11) is 0. The van der Waals surface area contributed by atoms with Gasteiger partial charge in [-0.2, -0.15) is 5.26 Å². The van der Waals surface area contributed by atoms with Gasteiger partial charge in [-0.1, -0.05) is 41.4 Å². The second-order valence-corrected chi connectivity index (χ2v) is 9.87. The lowest BCUT2D eigenvalue weighted by molar-refractivity contribution is -0.384. The first-order chi connectivity index (χ1) is 16.2. The van der Waals surface area contributed by atoms with E-state index in [0.717, 1.165) is 30.1 Å². The average Bonchev–Trinajstić information content (AvgIpc) is 2.78. The minimum absolute atomic E-state index is 0.0482. The first-order valence-electron chi connectivity index (χ1n) is 9.72. The van der Waals surface area contributed by atoms with Gasteiger partial charge in [0.25, 0.3) is 11.6 Å². The summed E-state index contributed by atoms with van der Waals surface area (Å²) in [6.07, 6.45) is 1.45. The molecule has 0 atom stereocenters. The van der Waals surface area contributed by atoms with E-state index in [2.05, 4.69) is 56.6 Å². The standard InChI is InChI=1S/C24H16ClI2N3O4/c1-14-3-2-4-15(7-14)13-34-23-20(26)9-16(10-21(23)27)8-17(12-28)24(31)29-18-5-6-19(25)22(11-18)30(32)33/h2-11H,13H2,1H3,(H,29,31)/b17-8+. The number of rotatable bonds is 7. The van der Waals surface area contributed by atoms with Gasteiger partial charge in [-0.05, 0) is 93.6 Å². The molecule has 0 saturated heterocycles. The van der Waals surface area contributed by atoms with Crippen molar-refractivity contribution in [1.82, 2.24) is 0 Å². The Hall–Kier alpha value is -2.69. The van der Waals surface area contributed by atoms with Crippen LogP contribution in [0.2, 0.25) is 5.02 Å². The maximum Gasteiger partial charge on any atom is 0.289 e. The molecule has 1 amide bonds. The maximum absolute atomic E-state index is 12.6. The normalized spacial score (nSPS) is 11.0. The molecule has 3 aromatic rings. The number of benzene rings is 3. The van der Waals surface area contributed by atoms with Crippen LogP contribution in [0.1, 0.15) is 16.7 Å². The molecule has 0 aliphatic rings. The number of amides is 1. The molecular weight excluding hydrogens is 684 g/mol. The van der Waals surface area contributed by atoms with Crippen molar-refractivity contribution in [2.45, 2.75) is 13.5 Å². The van der Waals surface area contributed by atoms with Crippen LogP contribution in [0.15, 0.2) is 60.2 Å². The fraction of sp³-hybridized carbons (Fsp3) is 0.0833. The number of nitro groups is 1. The van der Waals surface area contributed by atoms with E-state index in [1.54, 1.807) is 0 Å². The van der Waals surface area contributed by atoms with E-state index >= 15 is 0 Å². The van der Waals surface area contributed by atoms with Crippen molar-refractivity contribution in [3.63, 3.8) is 0 Å². The summed E-state index contributed by atoms with van der Waals surface area (Å²) in [4.78, 5) is 23.0. The molecule has 0 aliphatic carbocycles. The van der Waals surface area contributed by atoms with Gasteiger partial charge in [0.15, 0.2) is 0 Å². The highest BCUT2D eigenvalue weighted by Crippen LogP contribution is 2.31. The van der Waals surface area contributed by atoms with Gasteiger partial charge in [0.05, 0.1) is 12.1 Å². The number of nitrogens with one attached hydrogen (secondary N) is 1. The van der Waals surface area contributed by atoms with Crippen molar-refractivity contribution in [3.8, 4) is 11.8 Å². The van der Waals surface area contributed by atoms with Crippen molar-refractivity contribution in [2.75, 3.05) is 5.32 Å². The summed E-state index contributed by atoms with van der Waals surface area (Å²) in [6.45, 7) is 2.44. The van der Waals surface area contributed by atoms with Crippen LogP contribution in [0.3, 0.4) is 0 Å². The topological polar surface area (TPSA) is 105 Å². The van der Waals surface area contributed by atoms with Crippen molar-refractivity contribution >= 4 is 80.1 Å². The molecule has 172 valence electrons. The summed E-state index contributed by atoms with van der Waals surface area (Å²) >= 11 is 10.1. The lowest BCUT2D eigenvalue weighted by Gasteiger charge is -2.12. The molecule has 34 heavy (non-hydrogen) atoms. The first kappa shape index (κ1) is 25.9. The van der Waals surface area contributed by atoms with Crippen LogP contribution >= 0.6 is 56.8 Å². The molecule has 0 saturated carbocycles. The highest BCUT2D eigenvalue weighted by molar-refractivity contribution is 14.1. The predicted molar refractivity (Wildman–Crippen MR) is 148 cm³/mol. The molecule has 0 unspecified atom stereocenters. The van der Waals surface area contributed by atoms with Crippen LogP contribution in [0.5, 0.6) is 5.75 Å². The second-order valence-electron chi connectivity index (χ2n) is 7.14. The number of nitrogens with zero attached hydrogens (tertiary/aromatic N) is 2. The van der Waals surface area contributed by atoms with E-state index in [-0.39, 0.29) is 22.0 Å². The third-order valence-electron chi connectivity index (χ3n) is 4.56. The van der Waals surface area contributed by atoms with E-state index in [1.807, 2.05) is 43.3 Å². The summed E-state index contributed by atoms with van der Waals surface area (Å²) < 4.78 is 7.67. The molecule has 0 aliphatic heterocycles. The number of ether oxygens (including phenoxy) is 1. The van der Waals surface area contributed by atoms with Crippen molar-refractivity contribution in [1.29, 1.82) is 5.26 Å². The molecule has 0 radical (unpaired) electrons. The third-order valence-corrected chi connectivity index (χ3v) is 6.49. The van der Waals surface area contributed by atoms with E-state index in [9.17, 15) is 20.2 Å². The smallest absolute Gasteiger partial charge is 0.289 e. The number of nitriles is 1. The molecule has 0 heterocycles. The number of aryl methyl sites for hydroxylation is 1. The van der Waals surface area contributed by atoms with E-state index < -0.39 is 10.8 Å². The lowest BCUT2D eigenvalue weighted by atomic mass is 10.1. The fourth-order valence-electron chi connectivity index (χ4n) is 3.00. The number of nitro benzene ring substituents is 1. The molecular formula is C24H16ClI2N3O4. The summed E-state index contributed by atoms with van der Waals surface area (Å²) in [5.41, 5.74) is 2.52. The number of carbonyl (C=O) groups is 1. The Morgan fingerprint density at radius 3 is 2.53 bits per heavy atom. The number of anilines is 1. The minimum Gasteiger partial charge on any atom is -0.487 e. The molecule has 0 bridgehead atoms. The molecule has 10 heteroatoms. The number of halogens is 3. The zero-order chi connectivity index (χ0) is 24.8. The maximum atomic E-state index is 12.6. The third kappa shape index (κ3) is 6.68. The van der Waals surface area contributed by atoms with Gasteiger partial charge in [0.1, 0.15) is 29.0 Å². The van der Waals surface area contributed by atoms with Gasteiger partial charge in [0.2, 0.25) is 0 Å². The van der Waals surface area contributed by atoms with Crippen LogP contribution in [0, 0.1) is 35.5 Å². The quantitative estimate of drug-likeness (QED) is 0.0951. The van der Waals surface area contributed by atoms with Crippen LogP contribution in [0.4, 0.5) is 11.4 Å². The Bertz CT molecular complexity index is 1330. The Morgan fingerprint density at radius 2 is 1.91 bits per heavy atom. The Balaban J connectivity index is 1.79. The highest BCUT2D eigenvalue weighted by atomic mass is 127. The molecule has 0 spiro atoms. The zero-order valence-electron chi connectivity index (χ0n) is 17.6. The largest absolute Gasteiger partial charge is 0.487 e. The van der Waals surface area contributed by atoms with Gasteiger partial charge >= 0.3 is 0 Å². The summed E-state index contributed by atoms with van der Waals surface area (Å²) in [6, 6.07) is 17.4. The number of carbonyl (C=O) groups excluding carboxylic acids is 1. The van der Waals surface area contributed by atoms with Gasteiger partial charge in [-0.15, -0.1) is 0 Å². The van der Waals surface area contributed by atoms with Crippen LogP contribution in [-0.2, 0) is 11.4 Å². The molecule has 1 N–H and O–H groups in total. The number of hydrogen-bond acceptors (Lipinski definition) is 5. The summed E-state index contributed by atoms with van der Waals surface area (Å²) in [5.74, 6) is 0.0280. The van der Waals surface area contributed by atoms with Gasteiger partial charge in [0, 0.05) is 11.8 Å². The monoisotopic (exact) mass is 699 g/mol. The number of hydrogen-bond donors (Lipinski definition) is 1. The van der Waals surface area contributed by atoms with Crippen molar-refractivity contribution in [2.24, 2.45) is 0 Å². The first-order valence-corrected chi connectivity index (χ1v) is 12.3. The van der Waals surface area contributed by atoms with E-state index in [4.69, 9.17) is 16.3 Å². The van der Waals surface area contributed by atoms with Crippen LogP contribution in [-0.4, -0.2) is 10.8 Å². The lowest BCUT2D eigenvalue weighted by Crippen LogP contribution is -2.13. The minimum atomic E-state index is -0.691. The van der Waals surface area contributed by atoms with E-state index in [0.29, 0.717) is 12.2 Å². The Morgan fingerprint density at radius 1 is 1.21 bits per heavy atom. The Labute approximate surface area is 228 Å². The van der Waals surface area contributed by atoms with Crippen LogP contribution in [0.25, 0.3) is 6.08 Å². The molecule has 3 rings (SSSR count). The molecule has 3 aromatic carbocycles. The Kier molecular flexibility index (Phi) is 8.87. The highest BCUT2D eigenvalue weighted by Gasteiger charge is 2.16. The fourth-order valence-corrected chi connectivity index (χ4v) is 5.32. The molecule has 7 nitrogen and oxygen atoms in total. The predicted octanol–water partition coefficient (Wildman–Crippen LogP) is 6.89.